The van der Waals surface area contributed by atoms with Crippen molar-refractivity contribution in [1.82, 2.24) is 19.7 Å². The third-order valence-corrected chi connectivity index (χ3v) is 3.87. The number of nitrogens with two attached hydrogens (primary N) is 1. The van der Waals surface area contributed by atoms with E-state index in [4.69, 9.17) is 5.73 Å². The number of para-hydroxylation sites is 1. The minimum Gasteiger partial charge on any atom is -0.382 e. The standard InChI is InChI=1S/C15H13N5O/c1-20-10-5-3-2-4-8(10)6-11(20)9-7-17-13-12(9)14(16)18-19-15(13)21/h2-7,17H,1H3,(H2,16,18)(H,19,21). The van der Waals surface area contributed by atoms with Gasteiger partial charge in [-0.15, -0.1) is 0 Å². The van der Waals surface area contributed by atoms with Crippen LogP contribution in [0.1, 0.15) is 0 Å². The van der Waals surface area contributed by atoms with E-state index in [2.05, 4.69) is 37.9 Å². The summed E-state index contributed by atoms with van der Waals surface area (Å²) in [7, 11) is 1.99. The molecule has 0 aliphatic heterocycles. The first-order chi connectivity index (χ1) is 10.2. The van der Waals surface area contributed by atoms with Crippen molar-refractivity contribution >= 4 is 27.6 Å². The molecule has 0 atom stereocenters. The summed E-state index contributed by atoms with van der Waals surface area (Å²) in [5, 5.41) is 8.04. The normalized spacial score (nSPS) is 11.5. The molecule has 6 heteroatoms. The van der Waals surface area contributed by atoms with Crippen molar-refractivity contribution in [3.05, 3.63) is 46.9 Å². The summed E-state index contributed by atoms with van der Waals surface area (Å²) in [5.41, 5.74) is 9.10. The Labute approximate surface area is 119 Å². The predicted octanol–water partition coefficient (Wildman–Crippen LogP) is 1.99. The quantitative estimate of drug-likeness (QED) is 0.497. The lowest BCUT2D eigenvalue weighted by Crippen LogP contribution is -2.10. The van der Waals surface area contributed by atoms with Crippen molar-refractivity contribution in [2.24, 2.45) is 7.05 Å². The molecule has 0 saturated carbocycles. The fraction of sp³-hybridized carbons (Fsp3) is 0.0667. The molecule has 0 spiro atoms. The van der Waals surface area contributed by atoms with Gasteiger partial charge < -0.3 is 15.3 Å². The predicted molar refractivity (Wildman–Crippen MR) is 83.0 cm³/mol. The summed E-state index contributed by atoms with van der Waals surface area (Å²) in [6.07, 6.45) is 1.80. The summed E-state index contributed by atoms with van der Waals surface area (Å²) < 4.78 is 2.08. The molecule has 0 fully saturated rings. The van der Waals surface area contributed by atoms with Crippen LogP contribution in [0.25, 0.3) is 33.1 Å². The van der Waals surface area contributed by atoms with Gasteiger partial charge in [0.05, 0.1) is 11.1 Å². The van der Waals surface area contributed by atoms with E-state index >= 15 is 0 Å². The van der Waals surface area contributed by atoms with E-state index in [0.717, 1.165) is 22.2 Å². The van der Waals surface area contributed by atoms with E-state index in [0.29, 0.717) is 16.7 Å². The number of benzene rings is 1. The third-order valence-electron chi connectivity index (χ3n) is 3.87. The number of H-pyrrole nitrogens is 2. The maximum Gasteiger partial charge on any atom is 0.288 e. The highest BCUT2D eigenvalue weighted by Crippen LogP contribution is 2.33. The Kier molecular flexibility index (Phi) is 2.24. The minimum atomic E-state index is -0.274. The number of hydrogen-bond donors (Lipinski definition) is 3. The van der Waals surface area contributed by atoms with Crippen molar-refractivity contribution in [3.63, 3.8) is 0 Å². The fourth-order valence-corrected chi connectivity index (χ4v) is 2.84. The molecule has 0 aliphatic rings. The van der Waals surface area contributed by atoms with E-state index < -0.39 is 0 Å². The number of nitrogen functional groups attached to an aromatic ring is 1. The molecule has 0 amide bonds. The number of aromatic nitrogens is 4. The zero-order valence-corrected chi connectivity index (χ0v) is 11.3. The highest BCUT2D eigenvalue weighted by Gasteiger charge is 2.16. The second-order valence-electron chi connectivity index (χ2n) is 5.04. The number of aryl methyl sites for hydroxylation is 1. The molecule has 4 N–H and O–H groups in total. The summed E-state index contributed by atoms with van der Waals surface area (Å²) in [5.74, 6) is 0.311. The highest BCUT2D eigenvalue weighted by molar-refractivity contribution is 6.02. The lowest BCUT2D eigenvalue weighted by Gasteiger charge is -2.04. The number of anilines is 1. The lowest BCUT2D eigenvalue weighted by molar-refractivity contribution is 0.979. The van der Waals surface area contributed by atoms with Crippen molar-refractivity contribution < 1.29 is 0 Å². The van der Waals surface area contributed by atoms with E-state index in [9.17, 15) is 4.79 Å². The zero-order valence-electron chi connectivity index (χ0n) is 11.3. The van der Waals surface area contributed by atoms with Crippen molar-refractivity contribution in [3.8, 4) is 11.3 Å². The Morgan fingerprint density at radius 1 is 1.29 bits per heavy atom. The summed E-state index contributed by atoms with van der Waals surface area (Å²) in [6, 6.07) is 10.2. The van der Waals surface area contributed by atoms with Gasteiger partial charge in [0.2, 0.25) is 0 Å². The Balaban J connectivity index is 2.12. The second kappa shape index (κ2) is 3.99. The molecule has 0 saturated heterocycles. The highest BCUT2D eigenvalue weighted by atomic mass is 16.1. The average Bonchev–Trinajstić information content (AvgIpc) is 3.06. The first-order valence-corrected chi connectivity index (χ1v) is 6.57. The maximum atomic E-state index is 11.8. The number of nitrogens with zero attached hydrogens (tertiary/aromatic N) is 2. The Hall–Kier alpha value is -3.02. The molecule has 1 aromatic carbocycles. The van der Waals surface area contributed by atoms with Crippen LogP contribution in [0.3, 0.4) is 0 Å². The van der Waals surface area contributed by atoms with E-state index in [1.165, 1.54) is 0 Å². The summed E-state index contributed by atoms with van der Waals surface area (Å²) >= 11 is 0. The fourth-order valence-electron chi connectivity index (χ4n) is 2.84. The van der Waals surface area contributed by atoms with E-state index in [1.54, 1.807) is 6.20 Å². The molecular formula is C15H13N5O. The van der Waals surface area contributed by atoms with Gasteiger partial charge in [-0.2, -0.15) is 5.10 Å². The molecule has 3 aromatic heterocycles. The molecule has 0 unspecified atom stereocenters. The Morgan fingerprint density at radius 3 is 2.90 bits per heavy atom. The lowest BCUT2D eigenvalue weighted by atomic mass is 10.1. The van der Waals surface area contributed by atoms with Gasteiger partial charge in [0.15, 0.2) is 5.82 Å². The smallest absolute Gasteiger partial charge is 0.288 e. The number of nitrogens with one attached hydrogen (secondary N) is 2. The van der Waals surface area contributed by atoms with Crippen molar-refractivity contribution in [2.45, 2.75) is 0 Å². The molecule has 104 valence electrons. The van der Waals surface area contributed by atoms with Gasteiger partial charge in [0, 0.05) is 29.7 Å². The average molecular weight is 279 g/mol. The van der Waals surface area contributed by atoms with Crippen LogP contribution in [-0.2, 0) is 7.05 Å². The molecule has 4 aromatic rings. The van der Waals surface area contributed by atoms with Crippen molar-refractivity contribution in [2.75, 3.05) is 5.73 Å². The molecular weight excluding hydrogens is 266 g/mol. The van der Waals surface area contributed by atoms with Gasteiger partial charge in [0.1, 0.15) is 5.52 Å². The largest absolute Gasteiger partial charge is 0.382 e. The van der Waals surface area contributed by atoms with E-state index in [-0.39, 0.29) is 5.56 Å². The molecule has 6 nitrogen and oxygen atoms in total. The number of rotatable bonds is 1. The van der Waals surface area contributed by atoms with E-state index in [1.807, 2.05) is 19.2 Å². The first kappa shape index (κ1) is 11.8. The van der Waals surface area contributed by atoms with Crippen LogP contribution in [-0.4, -0.2) is 19.7 Å². The molecule has 0 bridgehead atoms. The van der Waals surface area contributed by atoms with Crippen LogP contribution in [0.4, 0.5) is 5.82 Å². The Bertz CT molecular complexity index is 1040. The van der Waals surface area contributed by atoms with Gasteiger partial charge in [-0.1, -0.05) is 18.2 Å². The number of aromatic amines is 2. The van der Waals surface area contributed by atoms with Crippen LogP contribution in [0.15, 0.2) is 41.3 Å². The molecule has 4 rings (SSSR count). The van der Waals surface area contributed by atoms with Gasteiger partial charge in [-0.05, 0) is 12.1 Å². The summed E-state index contributed by atoms with van der Waals surface area (Å²) in [4.78, 5) is 14.8. The van der Waals surface area contributed by atoms with Crippen LogP contribution < -0.4 is 11.3 Å². The number of fused-ring (bicyclic) bond motifs is 2. The van der Waals surface area contributed by atoms with Gasteiger partial charge >= 0.3 is 0 Å². The topological polar surface area (TPSA) is 92.5 Å². The SMILES string of the molecule is Cn1c(-c2c[nH]c3c(=O)[nH]nc(N)c23)cc2ccccc21. The molecule has 21 heavy (non-hydrogen) atoms. The van der Waals surface area contributed by atoms with Crippen LogP contribution in [0.5, 0.6) is 0 Å². The van der Waals surface area contributed by atoms with Crippen molar-refractivity contribution in [1.29, 1.82) is 0 Å². The minimum absolute atomic E-state index is 0.274. The summed E-state index contributed by atoms with van der Waals surface area (Å²) in [6.45, 7) is 0. The van der Waals surface area contributed by atoms with Gasteiger partial charge in [-0.3, -0.25) is 4.79 Å². The monoisotopic (exact) mass is 279 g/mol. The molecule has 0 aliphatic carbocycles. The molecule has 0 radical (unpaired) electrons. The van der Waals surface area contributed by atoms with Crippen LogP contribution in [0, 0.1) is 0 Å². The third kappa shape index (κ3) is 1.53. The second-order valence-corrected chi connectivity index (χ2v) is 5.04. The molecule has 3 heterocycles. The van der Waals surface area contributed by atoms with Gasteiger partial charge in [-0.25, -0.2) is 5.10 Å². The first-order valence-electron chi connectivity index (χ1n) is 6.57. The van der Waals surface area contributed by atoms with Gasteiger partial charge in [0.25, 0.3) is 5.56 Å². The zero-order chi connectivity index (χ0) is 14.6. The van der Waals surface area contributed by atoms with Crippen LogP contribution >= 0.6 is 0 Å². The number of hydrogen-bond acceptors (Lipinski definition) is 3. The Morgan fingerprint density at radius 2 is 2.10 bits per heavy atom. The maximum absolute atomic E-state index is 11.8. The van der Waals surface area contributed by atoms with Crippen LogP contribution in [0.2, 0.25) is 0 Å².